The largest absolute Gasteiger partial charge is 0.340 e. The van der Waals surface area contributed by atoms with Crippen molar-refractivity contribution in [3.63, 3.8) is 0 Å². The molecule has 0 fully saturated rings. The normalized spacial score (nSPS) is 12.1. The number of hydrogen-bond donors (Lipinski definition) is 1. The van der Waals surface area contributed by atoms with E-state index < -0.39 is 23.6 Å². The van der Waals surface area contributed by atoms with Crippen molar-refractivity contribution in [3.8, 4) is 0 Å². The van der Waals surface area contributed by atoms with Crippen LogP contribution in [0.15, 0.2) is 79.0 Å². The first-order valence-corrected chi connectivity index (χ1v) is 8.03. The van der Waals surface area contributed by atoms with Gasteiger partial charge in [0.15, 0.2) is 0 Å². The summed E-state index contributed by atoms with van der Waals surface area (Å²) in [6, 6.07) is 17.9. The van der Waals surface area contributed by atoms with Crippen LogP contribution < -0.4 is 5.32 Å². The number of carbonyl (C=O) groups is 1. The minimum Gasteiger partial charge on any atom is -0.340 e. The maximum Gasteiger partial charge on any atom is 0.244 e. The maximum absolute atomic E-state index is 13.7. The van der Waals surface area contributed by atoms with Gasteiger partial charge < -0.3 is 5.32 Å². The molecular formula is C21H16F2N2O. The van der Waals surface area contributed by atoms with E-state index in [4.69, 9.17) is 0 Å². The van der Waals surface area contributed by atoms with Crippen LogP contribution in [0.2, 0.25) is 0 Å². The molecule has 1 heterocycles. The van der Waals surface area contributed by atoms with Gasteiger partial charge in [0.05, 0.1) is 11.7 Å². The summed E-state index contributed by atoms with van der Waals surface area (Å²) in [4.78, 5) is 16.6. The van der Waals surface area contributed by atoms with Crippen molar-refractivity contribution in [2.24, 2.45) is 0 Å². The van der Waals surface area contributed by atoms with Gasteiger partial charge in [-0.05, 0) is 35.9 Å². The van der Waals surface area contributed by atoms with Gasteiger partial charge in [-0.15, -0.1) is 0 Å². The van der Waals surface area contributed by atoms with Crippen LogP contribution in [-0.2, 0) is 4.79 Å². The first-order valence-electron chi connectivity index (χ1n) is 8.03. The number of carbonyl (C=O) groups excluding carboxylic acids is 1. The number of rotatable bonds is 5. The SMILES string of the molecule is O=C(/C=C\c1c(F)cccc1F)N[C@H](c1ccccc1)c1ccccn1. The third-order valence-corrected chi connectivity index (χ3v) is 3.80. The Hall–Kier alpha value is -3.34. The van der Waals surface area contributed by atoms with Crippen molar-refractivity contribution in [1.82, 2.24) is 10.3 Å². The number of halogens is 2. The number of amides is 1. The summed E-state index contributed by atoms with van der Waals surface area (Å²) in [5.41, 5.74) is 1.26. The van der Waals surface area contributed by atoms with E-state index in [-0.39, 0.29) is 5.56 Å². The molecule has 2 aromatic carbocycles. The average molecular weight is 350 g/mol. The molecule has 26 heavy (non-hydrogen) atoms. The molecular weight excluding hydrogens is 334 g/mol. The molecule has 1 N–H and O–H groups in total. The van der Waals surface area contributed by atoms with E-state index in [9.17, 15) is 13.6 Å². The Labute approximate surface area is 150 Å². The first-order chi connectivity index (χ1) is 12.6. The third-order valence-electron chi connectivity index (χ3n) is 3.80. The zero-order chi connectivity index (χ0) is 18.4. The van der Waals surface area contributed by atoms with Crippen molar-refractivity contribution < 1.29 is 13.6 Å². The van der Waals surface area contributed by atoms with Gasteiger partial charge in [-0.1, -0.05) is 42.5 Å². The highest BCUT2D eigenvalue weighted by Gasteiger charge is 2.16. The van der Waals surface area contributed by atoms with Crippen LogP contribution in [0.25, 0.3) is 6.08 Å². The number of nitrogens with one attached hydrogen (secondary N) is 1. The molecule has 0 aliphatic heterocycles. The molecule has 3 rings (SSSR count). The van der Waals surface area contributed by atoms with E-state index in [1.54, 1.807) is 18.3 Å². The van der Waals surface area contributed by atoms with Crippen molar-refractivity contribution in [2.75, 3.05) is 0 Å². The van der Waals surface area contributed by atoms with E-state index in [1.165, 1.54) is 6.07 Å². The second-order valence-electron chi connectivity index (χ2n) is 5.58. The quantitative estimate of drug-likeness (QED) is 0.698. The third kappa shape index (κ3) is 4.19. The summed E-state index contributed by atoms with van der Waals surface area (Å²) in [5, 5.41) is 2.83. The number of nitrogens with zero attached hydrogens (tertiary/aromatic N) is 1. The van der Waals surface area contributed by atoms with Gasteiger partial charge in [-0.25, -0.2) is 8.78 Å². The van der Waals surface area contributed by atoms with Gasteiger partial charge in [-0.3, -0.25) is 9.78 Å². The number of aromatic nitrogens is 1. The van der Waals surface area contributed by atoms with Crippen LogP contribution in [0.5, 0.6) is 0 Å². The Morgan fingerprint density at radius 3 is 2.27 bits per heavy atom. The highest BCUT2D eigenvalue weighted by molar-refractivity contribution is 5.92. The zero-order valence-corrected chi connectivity index (χ0v) is 13.8. The van der Waals surface area contributed by atoms with Crippen LogP contribution in [-0.4, -0.2) is 10.9 Å². The fourth-order valence-corrected chi connectivity index (χ4v) is 2.54. The van der Waals surface area contributed by atoms with Gasteiger partial charge in [0.2, 0.25) is 5.91 Å². The molecule has 1 amide bonds. The lowest BCUT2D eigenvalue weighted by atomic mass is 10.0. The summed E-state index contributed by atoms with van der Waals surface area (Å²) in [5.74, 6) is -1.93. The lowest BCUT2D eigenvalue weighted by Gasteiger charge is -2.18. The standard InChI is InChI=1S/C21H16F2N2O/c22-17-9-6-10-18(23)16(17)12-13-20(26)25-21(15-7-2-1-3-8-15)19-11-4-5-14-24-19/h1-14,21H,(H,25,26)/b13-12-/t21-/m1/s1. The lowest BCUT2D eigenvalue weighted by molar-refractivity contribution is -0.116. The van der Waals surface area contributed by atoms with Crippen LogP contribution in [0.3, 0.4) is 0 Å². The topological polar surface area (TPSA) is 42.0 Å². The molecule has 0 spiro atoms. The smallest absolute Gasteiger partial charge is 0.244 e. The molecule has 0 unspecified atom stereocenters. The second kappa shape index (κ2) is 8.16. The molecule has 130 valence electrons. The van der Waals surface area contributed by atoms with Gasteiger partial charge in [0, 0.05) is 17.8 Å². The van der Waals surface area contributed by atoms with Crippen molar-refractivity contribution >= 4 is 12.0 Å². The fraction of sp³-hybridized carbons (Fsp3) is 0.0476. The van der Waals surface area contributed by atoms with Crippen molar-refractivity contribution in [3.05, 3.63) is 107 Å². The van der Waals surface area contributed by atoms with Crippen LogP contribution in [0.1, 0.15) is 22.9 Å². The van der Waals surface area contributed by atoms with Crippen molar-refractivity contribution in [2.45, 2.75) is 6.04 Å². The van der Waals surface area contributed by atoms with E-state index >= 15 is 0 Å². The van der Waals surface area contributed by atoms with Gasteiger partial charge >= 0.3 is 0 Å². The number of pyridine rings is 1. The van der Waals surface area contributed by atoms with Gasteiger partial charge in [0.25, 0.3) is 0 Å². The summed E-state index contributed by atoms with van der Waals surface area (Å²) in [6.07, 6.45) is 3.88. The maximum atomic E-state index is 13.7. The average Bonchev–Trinajstić information content (AvgIpc) is 2.67. The molecule has 0 aliphatic rings. The summed E-state index contributed by atoms with van der Waals surface area (Å²) in [6.45, 7) is 0. The van der Waals surface area contributed by atoms with Crippen LogP contribution in [0.4, 0.5) is 8.78 Å². The molecule has 1 atom stereocenters. The monoisotopic (exact) mass is 350 g/mol. The van der Waals surface area contributed by atoms with Crippen LogP contribution >= 0.6 is 0 Å². The Kier molecular flexibility index (Phi) is 5.49. The van der Waals surface area contributed by atoms with Crippen LogP contribution in [0, 0.1) is 11.6 Å². The van der Waals surface area contributed by atoms with E-state index in [0.29, 0.717) is 5.69 Å². The Balaban J connectivity index is 1.83. The number of hydrogen-bond acceptors (Lipinski definition) is 2. The minimum atomic E-state index is -0.724. The Morgan fingerprint density at radius 2 is 1.62 bits per heavy atom. The lowest BCUT2D eigenvalue weighted by Crippen LogP contribution is -2.28. The predicted molar refractivity (Wildman–Crippen MR) is 96.1 cm³/mol. The Bertz CT molecular complexity index is 852. The molecule has 1 aromatic heterocycles. The van der Waals surface area contributed by atoms with Crippen molar-refractivity contribution in [1.29, 1.82) is 0 Å². The fourth-order valence-electron chi connectivity index (χ4n) is 2.54. The highest BCUT2D eigenvalue weighted by Crippen LogP contribution is 2.20. The summed E-state index contributed by atoms with van der Waals surface area (Å²) >= 11 is 0. The zero-order valence-electron chi connectivity index (χ0n) is 13.8. The predicted octanol–water partition coefficient (Wildman–Crippen LogP) is 4.28. The molecule has 0 saturated carbocycles. The summed E-state index contributed by atoms with van der Waals surface area (Å²) < 4.78 is 27.3. The molecule has 3 nitrogen and oxygen atoms in total. The molecule has 0 aliphatic carbocycles. The van der Waals surface area contributed by atoms with E-state index in [0.717, 1.165) is 29.8 Å². The summed E-state index contributed by atoms with van der Waals surface area (Å²) in [7, 11) is 0. The molecule has 0 saturated heterocycles. The van der Waals surface area contributed by atoms with E-state index in [1.807, 2.05) is 36.4 Å². The molecule has 0 bridgehead atoms. The second-order valence-corrected chi connectivity index (χ2v) is 5.58. The molecule has 0 radical (unpaired) electrons. The Morgan fingerprint density at radius 1 is 0.923 bits per heavy atom. The molecule has 5 heteroatoms. The molecule has 3 aromatic rings. The van der Waals surface area contributed by atoms with Gasteiger partial charge in [0.1, 0.15) is 11.6 Å². The van der Waals surface area contributed by atoms with Gasteiger partial charge in [-0.2, -0.15) is 0 Å². The minimum absolute atomic E-state index is 0.253. The first kappa shape index (κ1) is 17.5. The number of benzene rings is 2. The highest BCUT2D eigenvalue weighted by atomic mass is 19.1. The van der Waals surface area contributed by atoms with E-state index in [2.05, 4.69) is 10.3 Å².